The van der Waals surface area contributed by atoms with E-state index < -0.39 is 40.8 Å². The fourth-order valence-corrected chi connectivity index (χ4v) is 3.14. The van der Waals surface area contributed by atoms with Crippen LogP contribution in [0.4, 0.5) is 15.8 Å². The fraction of sp³-hybridized carbons (Fsp3) is 0.250. The first kappa shape index (κ1) is 20.9. The minimum Gasteiger partial charge on any atom is -0.460 e. The lowest BCUT2D eigenvalue weighted by atomic mass is 10.1. The summed E-state index contributed by atoms with van der Waals surface area (Å²) in [5, 5.41) is 11.2. The number of amides is 2. The monoisotopic (exact) mass is 415 g/mol. The topological polar surface area (TPSA) is 133 Å². The molecule has 0 unspecified atom stereocenters. The van der Waals surface area contributed by atoms with Crippen molar-refractivity contribution in [2.45, 2.75) is 20.0 Å². The van der Waals surface area contributed by atoms with Crippen molar-refractivity contribution in [2.75, 3.05) is 11.4 Å². The van der Waals surface area contributed by atoms with E-state index in [1.165, 1.54) is 23.1 Å². The van der Waals surface area contributed by atoms with Gasteiger partial charge in [0, 0.05) is 30.3 Å². The first-order valence-electron chi connectivity index (χ1n) is 8.97. The second kappa shape index (κ2) is 8.27. The lowest BCUT2D eigenvalue weighted by Gasteiger charge is -2.17. The zero-order valence-electron chi connectivity index (χ0n) is 16.0. The molecule has 0 radical (unpaired) electrons. The molecule has 0 aliphatic carbocycles. The number of nitro benzene ring substituents is 1. The van der Waals surface area contributed by atoms with Crippen LogP contribution in [0.15, 0.2) is 36.4 Å². The highest BCUT2D eigenvalue weighted by Gasteiger charge is 2.36. The van der Waals surface area contributed by atoms with E-state index >= 15 is 0 Å². The maximum Gasteiger partial charge on any atom is 0.311 e. The Morgan fingerprint density at radius 3 is 2.67 bits per heavy atom. The Morgan fingerprint density at radius 2 is 2.03 bits per heavy atom. The van der Waals surface area contributed by atoms with Gasteiger partial charge < -0.3 is 15.4 Å². The molecule has 0 spiro atoms. The number of ether oxygens (including phenoxy) is 1. The van der Waals surface area contributed by atoms with Crippen LogP contribution >= 0.6 is 0 Å². The number of rotatable bonds is 6. The summed E-state index contributed by atoms with van der Waals surface area (Å²) in [4.78, 5) is 47.7. The van der Waals surface area contributed by atoms with Gasteiger partial charge in [-0.3, -0.25) is 24.5 Å². The molecule has 1 aliphatic rings. The average Bonchev–Trinajstić information content (AvgIpc) is 3.09. The van der Waals surface area contributed by atoms with Crippen molar-refractivity contribution in [3.63, 3.8) is 0 Å². The van der Waals surface area contributed by atoms with Crippen LogP contribution in [-0.2, 0) is 20.9 Å². The maximum atomic E-state index is 13.8. The normalized spacial score (nSPS) is 15.9. The molecule has 1 saturated heterocycles. The number of hydrogen-bond donors (Lipinski definition) is 1. The van der Waals surface area contributed by atoms with Gasteiger partial charge in [-0.1, -0.05) is 6.07 Å². The number of nitrogens with two attached hydrogens (primary N) is 1. The molecule has 0 bridgehead atoms. The number of esters is 1. The Balaban J connectivity index is 1.68. The highest BCUT2D eigenvalue weighted by molar-refractivity contribution is 5.99. The molecule has 0 saturated carbocycles. The number of carbonyl (C=O) groups is 3. The Morgan fingerprint density at radius 1 is 1.30 bits per heavy atom. The van der Waals surface area contributed by atoms with Crippen molar-refractivity contribution in [3.05, 3.63) is 69.0 Å². The highest BCUT2D eigenvalue weighted by atomic mass is 19.1. The van der Waals surface area contributed by atoms with Gasteiger partial charge in [-0.05, 0) is 36.8 Å². The van der Waals surface area contributed by atoms with Gasteiger partial charge in [-0.2, -0.15) is 0 Å². The molecular weight excluding hydrogens is 397 g/mol. The molecule has 10 heteroatoms. The summed E-state index contributed by atoms with van der Waals surface area (Å²) in [6.07, 6.45) is -0.114. The van der Waals surface area contributed by atoms with Crippen molar-refractivity contribution in [1.29, 1.82) is 0 Å². The number of hydrogen-bond acceptors (Lipinski definition) is 6. The molecule has 2 aromatic rings. The third-order valence-electron chi connectivity index (χ3n) is 4.86. The van der Waals surface area contributed by atoms with Crippen molar-refractivity contribution in [2.24, 2.45) is 11.7 Å². The van der Waals surface area contributed by atoms with Crippen molar-refractivity contribution in [1.82, 2.24) is 0 Å². The summed E-state index contributed by atoms with van der Waals surface area (Å²) < 4.78 is 19.0. The number of benzene rings is 2. The summed E-state index contributed by atoms with van der Waals surface area (Å²) in [5.74, 6) is -3.12. The van der Waals surface area contributed by atoms with Crippen LogP contribution < -0.4 is 10.6 Å². The SMILES string of the molecule is Cc1ccc(N2C[C@@H](C(=O)OCc3ccc(C(N)=O)cc3[N+](=O)[O-])CC2=O)cc1F. The molecule has 1 aliphatic heterocycles. The van der Waals surface area contributed by atoms with Crippen LogP contribution in [0.2, 0.25) is 0 Å². The van der Waals surface area contributed by atoms with E-state index in [9.17, 15) is 28.9 Å². The molecule has 0 aromatic heterocycles. The van der Waals surface area contributed by atoms with Gasteiger partial charge in [-0.15, -0.1) is 0 Å². The first-order valence-corrected chi connectivity index (χ1v) is 8.97. The van der Waals surface area contributed by atoms with Crippen LogP contribution in [0.25, 0.3) is 0 Å². The fourth-order valence-electron chi connectivity index (χ4n) is 3.14. The standard InChI is InChI=1S/C20H18FN3O6/c1-11-2-5-15(8-16(11)21)23-9-14(7-18(23)25)20(27)30-10-13-4-3-12(19(22)26)6-17(13)24(28)29/h2-6,8,14H,7,9-10H2,1H3,(H2,22,26)/t14-/m0/s1. The van der Waals surface area contributed by atoms with Crippen LogP contribution in [0.3, 0.4) is 0 Å². The highest BCUT2D eigenvalue weighted by Crippen LogP contribution is 2.28. The van der Waals surface area contributed by atoms with Gasteiger partial charge in [0.15, 0.2) is 0 Å². The van der Waals surface area contributed by atoms with E-state index in [2.05, 4.69) is 0 Å². The van der Waals surface area contributed by atoms with Gasteiger partial charge in [0.1, 0.15) is 12.4 Å². The van der Waals surface area contributed by atoms with Gasteiger partial charge >= 0.3 is 5.97 Å². The molecule has 2 N–H and O–H groups in total. The zero-order chi connectivity index (χ0) is 22.0. The van der Waals surface area contributed by atoms with E-state index in [-0.39, 0.29) is 30.0 Å². The first-order chi connectivity index (χ1) is 14.2. The Hall–Kier alpha value is -3.82. The summed E-state index contributed by atoms with van der Waals surface area (Å²) >= 11 is 0. The Kier molecular flexibility index (Phi) is 5.77. The summed E-state index contributed by atoms with van der Waals surface area (Å²) in [6, 6.07) is 7.95. The zero-order valence-corrected chi connectivity index (χ0v) is 16.0. The third-order valence-corrected chi connectivity index (χ3v) is 4.86. The number of carbonyl (C=O) groups excluding carboxylic acids is 3. The molecule has 2 amide bonds. The number of primary amides is 1. The average molecular weight is 415 g/mol. The number of nitro groups is 1. The number of halogens is 1. The van der Waals surface area contributed by atoms with Gasteiger partial charge in [-0.25, -0.2) is 4.39 Å². The lowest BCUT2D eigenvalue weighted by Crippen LogP contribution is -2.26. The molecule has 1 heterocycles. The van der Waals surface area contributed by atoms with E-state index in [0.717, 1.165) is 6.07 Å². The second-order valence-corrected chi connectivity index (χ2v) is 6.91. The van der Waals surface area contributed by atoms with Crippen LogP contribution in [0, 0.1) is 28.8 Å². The van der Waals surface area contributed by atoms with Gasteiger partial charge in [0.25, 0.3) is 5.69 Å². The van der Waals surface area contributed by atoms with Gasteiger partial charge in [0.2, 0.25) is 11.8 Å². The molecular formula is C20H18FN3O6. The number of nitrogens with zero attached hydrogens (tertiary/aromatic N) is 2. The maximum absolute atomic E-state index is 13.8. The molecule has 9 nitrogen and oxygen atoms in total. The predicted octanol–water partition coefficient (Wildman–Crippen LogP) is 2.24. The van der Waals surface area contributed by atoms with E-state index in [4.69, 9.17) is 10.5 Å². The molecule has 2 aromatic carbocycles. The third kappa shape index (κ3) is 4.27. The Labute approximate surface area is 170 Å². The minimum atomic E-state index is -0.821. The molecule has 1 fully saturated rings. The van der Waals surface area contributed by atoms with Crippen molar-refractivity contribution < 1.29 is 28.4 Å². The van der Waals surface area contributed by atoms with Crippen LogP contribution in [0.5, 0.6) is 0 Å². The van der Waals surface area contributed by atoms with E-state index in [1.54, 1.807) is 19.1 Å². The quantitative estimate of drug-likeness (QED) is 0.437. The van der Waals surface area contributed by atoms with Crippen LogP contribution in [-0.4, -0.2) is 29.3 Å². The van der Waals surface area contributed by atoms with Crippen LogP contribution in [0.1, 0.15) is 27.9 Å². The predicted molar refractivity (Wildman–Crippen MR) is 103 cm³/mol. The largest absolute Gasteiger partial charge is 0.460 e. The lowest BCUT2D eigenvalue weighted by molar-refractivity contribution is -0.385. The summed E-state index contributed by atoms with van der Waals surface area (Å²) in [5.41, 5.74) is 5.54. The smallest absolute Gasteiger partial charge is 0.311 e. The molecule has 30 heavy (non-hydrogen) atoms. The summed E-state index contributed by atoms with van der Waals surface area (Å²) in [7, 11) is 0. The van der Waals surface area contributed by atoms with Crippen molar-refractivity contribution in [3.8, 4) is 0 Å². The minimum absolute atomic E-state index is 0.0167. The second-order valence-electron chi connectivity index (χ2n) is 6.91. The van der Waals surface area contributed by atoms with Gasteiger partial charge in [0.05, 0.1) is 16.4 Å². The van der Waals surface area contributed by atoms with Crippen molar-refractivity contribution >= 4 is 29.2 Å². The molecule has 3 rings (SSSR count). The molecule has 1 atom stereocenters. The van der Waals surface area contributed by atoms with E-state index in [0.29, 0.717) is 11.3 Å². The van der Waals surface area contributed by atoms with E-state index in [1.807, 2.05) is 0 Å². The summed E-state index contributed by atoms with van der Waals surface area (Å²) in [6.45, 7) is 1.21. The number of anilines is 1. The Bertz CT molecular complexity index is 1050. The number of aryl methyl sites for hydroxylation is 1. The molecule has 156 valence electrons.